The molecule has 0 unspecified atom stereocenters. The highest BCUT2D eigenvalue weighted by atomic mass is 16.5. The van der Waals surface area contributed by atoms with E-state index in [-0.39, 0.29) is 0 Å². The summed E-state index contributed by atoms with van der Waals surface area (Å²) in [5, 5.41) is 2.31. The largest absolute Gasteiger partial charge is 0.496 e. The van der Waals surface area contributed by atoms with Crippen LogP contribution in [-0.4, -0.2) is 12.6 Å². The summed E-state index contributed by atoms with van der Waals surface area (Å²) in [5.74, 6) is 0.895. The van der Waals surface area contributed by atoms with Crippen LogP contribution in [0.2, 0.25) is 0 Å². The third kappa shape index (κ3) is 2.59. The lowest BCUT2D eigenvalue weighted by Crippen LogP contribution is -2.24. The SMILES string of the molecule is COc1ccc(CC(C)(C)[NH])c2ccccc12. The summed E-state index contributed by atoms with van der Waals surface area (Å²) in [5.41, 5.74) is 8.77. The molecule has 2 aromatic carbocycles. The van der Waals surface area contributed by atoms with Gasteiger partial charge in [0, 0.05) is 10.9 Å². The molecule has 0 fully saturated rings. The molecule has 0 bridgehead atoms. The van der Waals surface area contributed by atoms with Gasteiger partial charge in [0.2, 0.25) is 0 Å². The number of benzene rings is 2. The number of hydrogen-bond acceptors (Lipinski definition) is 1. The molecule has 0 amide bonds. The standard InChI is InChI=1S/C15H18NO/c1-15(2,16)10-11-8-9-14(17-3)13-7-5-4-6-12(11)13/h4-9,16H,10H2,1-3H3. The molecule has 2 aromatic rings. The summed E-state index contributed by atoms with van der Waals surface area (Å²) in [6.07, 6.45) is 0.748. The van der Waals surface area contributed by atoms with Crippen LogP contribution in [0.3, 0.4) is 0 Å². The van der Waals surface area contributed by atoms with Gasteiger partial charge in [-0.05, 0) is 37.3 Å². The van der Waals surface area contributed by atoms with Crippen LogP contribution in [0.4, 0.5) is 0 Å². The summed E-state index contributed by atoms with van der Waals surface area (Å²) in [6.45, 7) is 3.87. The minimum absolute atomic E-state index is 0.447. The fourth-order valence-electron chi connectivity index (χ4n) is 2.14. The van der Waals surface area contributed by atoms with Gasteiger partial charge in [0.15, 0.2) is 0 Å². The van der Waals surface area contributed by atoms with Gasteiger partial charge in [-0.15, -0.1) is 0 Å². The van der Waals surface area contributed by atoms with Crippen molar-refractivity contribution in [1.29, 1.82) is 0 Å². The van der Waals surface area contributed by atoms with Crippen LogP contribution >= 0.6 is 0 Å². The molecule has 0 saturated heterocycles. The fraction of sp³-hybridized carbons (Fsp3) is 0.333. The molecule has 0 aliphatic heterocycles. The van der Waals surface area contributed by atoms with Crippen LogP contribution in [0.15, 0.2) is 36.4 Å². The van der Waals surface area contributed by atoms with Crippen molar-refractivity contribution in [1.82, 2.24) is 5.73 Å². The summed E-state index contributed by atoms with van der Waals surface area (Å²) >= 11 is 0. The second-order valence-corrected chi connectivity index (χ2v) is 5.03. The van der Waals surface area contributed by atoms with Crippen LogP contribution in [0, 0.1) is 0 Å². The minimum atomic E-state index is -0.447. The van der Waals surface area contributed by atoms with Crippen molar-refractivity contribution in [2.75, 3.05) is 7.11 Å². The summed E-state index contributed by atoms with van der Waals surface area (Å²) < 4.78 is 5.37. The second kappa shape index (κ2) is 4.38. The van der Waals surface area contributed by atoms with Crippen LogP contribution in [-0.2, 0) is 6.42 Å². The van der Waals surface area contributed by atoms with Crippen molar-refractivity contribution in [3.63, 3.8) is 0 Å². The Morgan fingerprint density at radius 3 is 2.29 bits per heavy atom. The van der Waals surface area contributed by atoms with E-state index in [9.17, 15) is 0 Å². The van der Waals surface area contributed by atoms with Crippen LogP contribution in [0.5, 0.6) is 5.75 Å². The molecule has 89 valence electrons. The molecule has 2 heteroatoms. The first-order chi connectivity index (χ1) is 8.01. The Bertz CT molecular complexity index is 526. The van der Waals surface area contributed by atoms with E-state index in [0.29, 0.717) is 0 Å². The first kappa shape index (κ1) is 11.9. The van der Waals surface area contributed by atoms with Gasteiger partial charge >= 0.3 is 0 Å². The topological polar surface area (TPSA) is 33.0 Å². The average Bonchev–Trinajstić information content (AvgIpc) is 2.28. The van der Waals surface area contributed by atoms with Crippen LogP contribution in [0.1, 0.15) is 19.4 Å². The molecule has 0 atom stereocenters. The van der Waals surface area contributed by atoms with Gasteiger partial charge in [0.1, 0.15) is 5.75 Å². The van der Waals surface area contributed by atoms with Crippen molar-refractivity contribution in [3.05, 3.63) is 42.0 Å². The zero-order valence-electron chi connectivity index (χ0n) is 10.6. The van der Waals surface area contributed by atoms with Crippen molar-refractivity contribution in [3.8, 4) is 5.75 Å². The van der Waals surface area contributed by atoms with E-state index in [1.165, 1.54) is 10.9 Å². The van der Waals surface area contributed by atoms with E-state index >= 15 is 0 Å². The van der Waals surface area contributed by atoms with Gasteiger partial charge in [-0.25, -0.2) is 0 Å². The monoisotopic (exact) mass is 228 g/mol. The van der Waals surface area contributed by atoms with Gasteiger partial charge < -0.3 is 4.74 Å². The van der Waals surface area contributed by atoms with Gasteiger partial charge in [-0.2, -0.15) is 0 Å². The highest BCUT2D eigenvalue weighted by Crippen LogP contribution is 2.29. The molecule has 1 N–H and O–H groups in total. The lowest BCUT2D eigenvalue weighted by Gasteiger charge is -2.19. The number of ether oxygens (including phenoxy) is 1. The maximum atomic E-state index is 8.01. The average molecular weight is 228 g/mol. The molecule has 0 heterocycles. The lowest BCUT2D eigenvalue weighted by atomic mass is 9.92. The molecule has 0 aromatic heterocycles. The molecule has 2 rings (SSSR count). The third-order valence-corrected chi connectivity index (χ3v) is 2.83. The first-order valence-corrected chi connectivity index (χ1v) is 5.81. The van der Waals surface area contributed by atoms with E-state index < -0.39 is 5.54 Å². The van der Waals surface area contributed by atoms with Gasteiger partial charge in [-0.1, -0.05) is 30.3 Å². The van der Waals surface area contributed by atoms with Crippen molar-refractivity contribution in [2.24, 2.45) is 0 Å². The van der Waals surface area contributed by atoms with E-state index in [1.807, 2.05) is 32.0 Å². The number of fused-ring (bicyclic) bond motifs is 1. The highest BCUT2D eigenvalue weighted by Gasteiger charge is 2.15. The Hall–Kier alpha value is -1.54. The minimum Gasteiger partial charge on any atom is -0.496 e. The van der Waals surface area contributed by atoms with Gasteiger partial charge in [0.05, 0.1) is 7.11 Å². The summed E-state index contributed by atoms with van der Waals surface area (Å²) in [4.78, 5) is 0. The zero-order valence-corrected chi connectivity index (χ0v) is 10.6. The van der Waals surface area contributed by atoms with E-state index in [2.05, 4.69) is 18.2 Å². The fourth-order valence-corrected chi connectivity index (χ4v) is 2.14. The number of nitrogens with one attached hydrogen (secondary N) is 1. The normalized spacial score (nSPS) is 11.8. The van der Waals surface area contributed by atoms with Crippen molar-refractivity contribution >= 4 is 10.8 Å². The third-order valence-electron chi connectivity index (χ3n) is 2.83. The number of rotatable bonds is 3. The van der Waals surface area contributed by atoms with E-state index in [4.69, 9.17) is 10.5 Å². The highest BCUT2D eigenvalue weighted by molar-refractivity contribution is 5.91. The van der Waals surface area contributed by atoms with E-state index in [0.717, 1.165) is 17.6 Å². The Kier molecular flexibility index (Phi) is 3.07. The number of hydrogen-bond donors (Lipinski definition) is 0. The lowest BCUT2D eigenvalue weighted by molar-refractivity contribution is 0.419. The summed E-state index contributed by atoms with van der Waals surface area (Å²) in [6, 6.07) is 12.3. The molecule has 17 heavy (non-hydrogen) atoms. The molecular weight excluding hydrogens is 210 g/mol. The molecular formula is C15H18NO. The first-order valence-electron chi connectivity index (χ1n) is 5.81. The second-order valence-electron chi connectivity index (χ2n) is 5.03. The van der Waals surface area contributed by atoms with Crippen LogP contribution < -0.4 is 10.5 Å². The van der Waals surface area contributed by atoms with E-state index in [1.54, 1.807) is 7.11 Å². The quantitative estimate of drug-likeness (QED) is 0.792. The Balaban J connectivity index is 2.59. The molecule has 0 aliphatic rings. The predicted octanol–water partition coefficient (Wildman–Crippen LogP) is 3.45. The molecule has 0 aliphatic carbocycles. The number of methoxy groups -OCH3 is 1. The van der Waals surface area contributed by atoms with Crippen LogP contribution in [0.25, 0.3) is 10.8 Å². The van der Waals surface area contributed by atoms with Gasteiger partial charge in [-0.3, -0.25) is 5.73 Å². The van der Waals surface area contributed by atoms with Crippen molar-refractivity contribution < 1.29 is 4.74 Å². The predicted molar refractivity (Wildman–Crippen MR) is 71.4 cm³/mol. The molecule has 2 nitrogen and oxygen atoms in total. The Morgan fingerprint density at radius 2 is 1.71 bits per heavy atom. The van der Waals surface area contributed by atoms with Gasteiger partial charge in [0.25, 0.3) is 0 Å². The maximum Gasteiger partial charge on any atom is 0.126 e. The maximum absolute atomic E-state index is 8.01. The van der Waals surface area contributed by atoms with Crippen molar-refractivity contribution in [2.45, 2.75) is 25.8 Å². The smallest absolute Gasteiger partial charge is 0.126 e. The zero-order chi connectivity index (χ0) is 12.5. The Morgan fingerprint density at radius 1 is 1.06 bits per heavy atom. The summed E-state index contributed by atoms with van der Waals surface area (Å²) in [7, 11) is 1.69. The Labute approximate surface area is 102 Å². The molecule has 0 spiro atoms. The molecule has 0 saturated carbocycles. The molecule has 1 radical (unpaired) electrons.